The zero-order valence-corrected chi connectivity index (χ0v) is 13.1. The minimum atomic E-state index is -1.68. The summed E-state index contributed by atoms with van der Waals surface area (Å²) in [6, 6.07) is 13.0. The van der Waals surface area contributed by atoms with Crippen LogP contribution in [0.2, 0.25) is 0 Å². The van der Waals surface area contributed by atoms with Gasteiger partial charge in [-0.2, -0.15) is 0 Å². The lowest BCUT2D eigenvalue weighted by Crippen LogP contribution is -2.34. The Kier molecular flexibility index (Phi) is 3.85. The molecule has 114 valence electrons. The Bertz CT molecular complexity index is 724. The molecule has 1 N–H and O–H groups in total. The second-order valence-corrected chi connectivity index (χ2v) is 6.19. The van der Waals surface area contributed by atoms with Gasteiger partial charge >= 0.3 is 5.97 Å². The molecule has 0 saturated heterocycles. The fourth-order valence-electron chi connectivity index (χ4n) is 2.22. The van der Waals surface area contributed by atoms with Gasteiger partial charge in [-0.05, 0) is 43.7 Å². The summed E-state index contributed by atoms with van der Waals surface area (Å²) < 4.78 is 10.8. The van der Waals surface area contributed by atoms with Crippen LogP contribution in [-0.4, -0.2) is 17.7 Å². The van der Waals surface area contributed by atoms with Crippen molar-refractivity contribution >= 4 is 17.7 Å². The van der Waals surface area contributed by atoms with Gasteiger partial charge < -0.3 is 14.6 Å². The predicted molar refractivity (Wildman–Crippen MR) is 83.3 cm³/mol. The number of ether oxygens (including phenoxy) is 2. The lowest BCUT2D eigenvalue weighted by Gasteiger charge is -2.24. The first kappa shape index (κ1) is 14.9. The molecular weight excluding hydrogens is 300 g/mol. The summed E-state index contributed by atoms with van der Waals surface area (Å²) in [6.07, 6.45) is 0. The van der Waals surface area contributed by atoms with E-state index in [1.807, 2.05) is 24.3 Å². The van der Waals surface area contributed by atoms with E-state index >= 15 is 0 Å². The minimum Gasteiger partial charge on any atom is -0.464 e. The topological polar surface area (TPSA) is 55.8 Å². The first-order valence-electron chi connectivity index (χ1n) is 7.01. The maximum absolute atomic E-state index is 11.9. The molecule has 1 unspecified atom stereocenters. The van der Waals surface area contributed by atoms with E-state index in [1.54, 1.807) is 36.9 Å². The van der Waals surface area contributed by atoms with Crippen molar-refractivity contribution in [2.24, 2.45) is 0 Å². The molecular formula is C17H16O4S. The molecule has 4 nitrogen and oxygen atoms in total. The van der Waals surface area contributed by atoms with Crippen LogP contribution in [0.25, 0.3) is 0 Å². The van der Waals surface area contributed by atoms with E-state index in [0.29, 0.717) is 11.3 Å². The van der Waals surface area contributed by atoms with E-state index < -0.39 is 11.6 Å². The van der Waals surface area contributed by atoms with Crippen molar-refractivity contribution in [1.29, 1.82) is 0 Å². The molecule has 3 rings (SSSR count). The Morgan fingerprint density at radius 2 is 1.95 bits per heavy atom. The first-order valence-corrected chi connectivity index (χ1v) is 7.83. The summed E-state index contributed by atoms with van der Waals surface area (Å²) in [5.41, 5.74) is -1.19. The van der Waals surface area contributed by atoms with Gasteiger partial charge in [0.25, 0.3) is 0 Å². The summed E-state index contributed by atoms with van der Waals surface area (Å²) in [4.78, 5) is 13.8. The average molecular weight is 316 g/mol. The van der Waals surface area contributed by atoms with Crippen LogP contribution in [0.4, 0.5) is 0 Å². The quantitative estimate of drug-likeness (QED) is 0.746. The van der Waals surface area contributed by atoms with E-state index in [9.17, 15) is 9.90 Å². The molecule has 0 radical (unpaired) electrons. The van der Waals surface area contributed by atoms with E-state index in [1.165, 1.54) is 6.92 Å². The van der Waals surface area contributed by atoms with E-state index in [0.717, 1.165) is 15.5 Å². The fraction of sp³-hybridized carbons (Fsp3) is 0.235. The second kappa shape index (κ2) is 5.66. The van der Waals surface area contributed by atoms with Crippen LogP contribution in [0.3, 0.4) is 0 Å². The molecule has 1 aliphatic rings. The van der Waals surface area contributed by atoms with Crippen LogP contribution in [0, 0.1) is 0 Å². The van der Waals surface area contributed by atoms with Crippen LogP contribution >= 0.6 is 11.8 Å². The van der Waals surface area contributed by atoms with Crippen LogP contribution in [0.15, 0.2) is 52.3 Å². The number of para-hydroxylation sites is 1. The molecule has 0 spiro atoms. The highest BCUT2D eigenvalue weighted by atomic mass is 32.2. The maximum Gasteiger partial charge on any atom is 0.342 e. The number of hydrogen-bond acceptors (Lipinski definition) is 5. The Morgan fingerprint density at radius 3 is 2.73 bits per heavy atom. The first-order chi connectivity index (χ1) is 10.5. The predicted octanol–water partition coefficient (Wildman–Crippen LogP) is 3.71. The summed E-state index contributed by atoms with van der Waals surface area (Å²) in [7, 11) is 0. The monoisotopic (exact) mass is 316 g/mol. The highest BCUT2D eigenvalue weighted by Crippen LogP contribution is 2.47. The van der Waals surface area contributed by atoms with Crippen LogP contribution in [0.5, 0.6) is 11.5 Å². The van der Waals surface area contributed by atoms with Gasteiger partial charge in [0, 0.05) is 0 Å². The Labute approximate surface area is 133 Å². The van der Waals surface area contributed by atoms with Crippen LogP contribution in [-0.2, 0) is 15.1 Å². The standard InChI is InChI=1S/C17H16O4S/c1-3-20-16(18)17(2,19)11-8-9-13-15(10-11)22-14-7-5-4-6-12(14)21-13/h4-10,19H,3H2,1-2H3. The van der Waals surface area contributed by atoms with E-state index in [2.05, 4.69) is 0 Å². The zero-order valence-electron chi connectivity index (χ0n) is 12.3. The highest BCUT2D eigenvalue weighted by Gasteiger charge is 2.35. The molecule has 0 aliphatic carbocycles. The van der Waals surface area contributed by atoms with Gasteiger partial charge in [0.15, 0.2) is 5.60 Å². The van der Waals surface area contributed by atoms with Crippen molar-refractivity contribution in [2.75, 3.05) is 6.61 Å². The lowest BCUT2D eigenvalue weighted by molar-refractivity contribution is -0.164. The normalized spacial score (nSPS) is 15.0. The SMILES string of the molecule is CCOC(=O)C(C)(O)c1ccc2c(c1)Sc1ccccc1O2. The van der Waals surface area contributed by atoms with Crippen molar-refractivity contribution in [2.45, 2.75) is 29.2 Å². The molecule has 0 bridgehead atoms. The molecule has 0 amide bonds. The van der Waals surface area contributed by atoms with Gasteiger partial charge in [-0.3, -0.25) is 0 Å². The average Bonchev–Trinajstić information content (AvgIpc) is 2.52. The number of carbonyl (C=O) groups excluding carboxylic acids is 1. The lowest BCUT2D eigenvalue weighted by atomic mass is 9.96. The molecule has 1 atom stereocenters. The van der Waals surface area contributed by atoms with E-state index in [4.69, 9.17) is 9.47 Å². The zero-order chi connectivity index (χ0) is 15.7. The van der Waals surface area contributed by atoms with Gasteiger partial charge in [0.2, 0.25) is 0 Å². The summed E-state index contributed by atoms with van der Waals surface area (Å²) in [5, 5.41) is 10.5. The fourth-order valence-corrected chi connectivity index (χ4v) is 3.21. The molecule has 0 fully saturated rings. The number of benzene rings is 2. The van der Waals surface area contributed by atoms with Crippen molar-refractivity contribution in [3.05, 3.63) is 48.0 Å². The summed E-state index contributed by atoms with van der Waals surface area (Å²) >= 11 is 1.55. The number of fused-ring (bicyclic) bond motifs is 2. The Hall–Kier alpha value is -1.98. The second-order valence-electron chi connectivity index (χ2n) is 5.11. The molecule has 1 aliphatic heterocycles. The van der Waals surface area contributed by atoms with Crippen molar-refractivity contribution in [1.82, 2.24) is 0 Å². The molecule has 0 aromatic heterocycles. The smallest absolute Gasteiger partial charge is 0.342 e. The number of rotatable bonds is 3. The Balaban J connectivity index is 1.94. The Morgan fingerprint density at radius 1 is 1.23 bits per heavy atom. The van der Waals surface area contributed by atoms with Crippen molar-refractivity contribution < 1.29 is 19.4 Å². The van der Waals surface area contributed by atoms with Gasteiger partial charge in [0.1, 0.15) is 11.5 Å². The molecule has 2 aromatic carbocycles. The number of esters is 1. The molecule has 0 saturated carbocycles. The third-order valence-electron chi connectivity index (χ3n) is 3.47. The number of carbonyl (C=O) groups is 1. The van der Waals surface area contributed by atoms with Gasteiger partial charge in [-0.15, -0.1) is 0 Å². The summed E-state index contributed by atoms with van der Waals surface area (Å²) in [6.45, 7) is 3.38. The molecule has 22 heavy (non-hydrogen) atoms. The van der Waals surface area contributed by atoms with Gasteiger partial charge in [0.05, 0.1) is 16.4 Å². The van der Waals surface area contributed by atoms with Gasteiger partial charge in [-0.25, -0.2) is 4.79 Å². The van der Waals surface area contributed by atoms with Crippen molar-refractivity contribution in [3.8, 4) is 11.5 Å². The molecule has 1 heterocycles. The van der Waals surface area contributed by atoms with Crippen molar-refractivity contribution in [3.63, 3.8) is 0 Å². The molecule has 2 aromatic rings. The minimum absolute atomic E-state index is 0.227. The van der Waals surface area contributed by atoms with Crippen LogP contribution < -0.4 is 4.74 Å². The third-order valence-corrected chi connectivity index (χ3v) is 4.56. The van der Waals surface area contributed by atoms with E-state index in [-0.39, 0.29) is 6.61 Å². The van der Waals surface area contributed by atoms with Gasteiger partial charge in [-0.1, -0.05) is 30.0 Å². The summed E-state index contributed by atoms with van der Waals surface area (Å²) in [5.74, 6) is 0.870. The highest BCUT2D eigenvalue weighted by molar-refractivity contribution is 7.99. The third kappa shape index (κ3) is 2.58. The largest absolute Gasteiger partial charge is 0.464 e. The molecule has 5 heteroatoms. The van der Waals surface area contributed by atoms with Crippen LogP contribution in [0.1, 0.15) is 19.4 Å². The maximum atomic E-state index is 11.9. The number of aliphatic hydroxyl groups is 1. The number of hydrogen-bond donors (Lipinski definition) is 1.